The first-order chi connectivity index (χ1) is 5.63. The summed E-state index contributed by atoms with van der Waals surface area (Å²) < 4.78 is 12.2. The van der Waals surface area contributed by atoms with E-state index in [1.807, 2.05) is 0 Å². The summed E-state index contributed by atoms with van der Waals surface area (Å²) in [5.74, 6) is -0.218. The lowest BCUT2D eigenvalue weighted by molar-refractivity contribution is 0.106. The molecule has 0 aromatic heterocycles. The van der Waals surface area contributed by atoms with Gasteiger partial charge in [-0.25, -0.2) is 4.79 Å². The fraction of sp³-hybridized carbons (Fsp3) is 0.857. The van der Waals surface area contributed by atoms with Gasteiger partial charge in [-0.05, 0) is 6.42 Å². The summed E-state index contributed by atoms with van der Waals surface area (Å²) >= 11 is 0. The summed E-state index contributed by atoms with van der Waals surface area (Å²) in [5.41, 5.74) is 5.56. The number of amides is 1. The average molecular weight is 176 g/mol. The van der Waals surface area contributed by atoms with E-state index in [4.69, 9.17) is 10.8 Å². The second kappa shape index (κ2) is 3.71. The first kappa shape index (κ1) is 9.25. The fourth-order valence-corrected chi connectivity index (χ4v) is 1.51. The molecule has 0 saturated carbocycles. The van der Waals surface area contributed by atoms with Crippen molar-refractivity contribution in [2.24, 2.45) is 11.7 Å². The number of rotatable bonds is 1. The summed E-state index contributed by atoms with van der Waals surface area (Å²) in [6, 6.07) is -0.212. The van der Waals surface area contributed by atoms with Crippen LogP contribution in [-0.2, 0) is 0 Å². The minimum Gasteiger partial charge on any atom is -0.465 e. The summed E-state index contributed by atoms with van der Waals surface area (Å²) in [5, 5.41) is 8.62. The van der Waals surface area contributed by atoms with Crippen LogP contribution in [0.4, 0.5) is 9.18 Å². The average Bonchev–Trinajstić information content (AvgIpc) is 2.03. The van der Waals surface area contributed by atoms with Gasteiger partial charge in [0.05, 0.1) is 6.67 Å². The summed E-state index contributed by atoms with van der Waals surface area (Å²) in [6.45, 7) is 0.114. The van der Waals surface area contributed by atoms with Crippen molar-refractivity contribution in [2.75, 3.05) is 19.8 Å². The van der Waals surface area contributed by atoms with Crippen LogP contribution in [0.15, 0.2) is 0 Å². The third-order valence-corrected chi connectivity index (χ3v) is 2.06. The van der Waals surface area contributed by atoms with Gasteiger partial charge in [-0.2, -0.15) is 0 Å². The van der Waals surface area contributed by atoms with Gasteiger partial charge >= 0.3 is 6.09 Å². The molecule has 2 unspecified atom stereocenters. The van der Waals surface area contributed by atoms with Gasteiger partial charge in [-0.3, -0.25) is 4.39 Å². The Bertz CT molecular complexity index is 177. The SMILES string of the molecule is NC1CC(CF)CN(C(=O)O)C1. The fourth-order valence-electron chi connectivity index (χ4n) is 1.51. The van der Waals surface area contributed by atoms with Crippen LogP contribution in [0.2, 0.25) is 0 Å². The summed E-state index contributed by atoms with van der Waals surface area (Å²) in [7, 11) is 0. The minimum atomic E-state index is -1.01. The molecule has 0 aliphatic carbocycles. The van der Waals surface area contributed by atoms with Gasteiger partial charge in [0.25, 0.3) is 0 Å². The predicted octanol–water partition coefficient (Wildman–Crippen LogP) is 0.283. The normalized spacial score (nSPS) is 30.3. The number of hydrogen-bond donors (Lipinski definition) is 2. The Kier molecular flexibility index (Phi) is 2.86. The first-order valence-corrected chi connectivity index (χ1v) is 3.93. The lowest BCUT2D eigenvalue weighted by atomic mass is 9.96. The largest absolute Gasteiger partial charge is 0.465 e. The lowest BCUT2D eigenvalue weighted by Gasteiger charge is -2.33. The highest BCUT2D eigenvalue weighted by atomic mass is 19.1. The maximum Gasteiger partial charge on any atom is 0.407 e. The monoisotopic (exact) mass is 176 g/mol. The highest BCUT2D eigenvalue weighted by Gasteiger charge is 2.27. The van der Waals surface area contributed by atoms with Crippen molar-refractivity contribution >= 4 is 6.09 Å². The number of alkyl halides is 1. The summed E-state index contributed by atoms with van der Waals surface area (Å²) in [6.07, 6.45) is -0.427. The quantitative estimate of drug-likeness (QED) is 0.603. The van der Waals surface area contributed by atoms with E-state index in [1.165, 1.54) is 4.90 Å². The number of hydrogen-bond acceptors (Lipinski definition) is 2. The highest BCUT2D eigenvalue weighted by Crippen LogP contribution is 2.15. The predicted molar refractivity (Wildman–Crippen MR) is 41.7 cm³/mol. The third-order valence-electron chi connectivity index (χ3n) is 2.06. The van der Waals surface area contributed by atoms with Crippen molar-refractivity contribution in [3.63, 3.8) is 0 Å². The van der Waals surface area contributed by atoms with E-state index in [9.17, 15) is 9.18 Å². The van der Waals surface area contributed by atoms with Crippen molar-refractivity contribution in [3.05, 3.63) is 0 Å². The number of piperidine rings is 1. The Balaban J connectivity index is 2.51. The van der Waals surface area contributed by atoms with E-state index >= 15 is 0 Å². The van der Waals surface area contributed by atoms with Gasteiger partial charge in [-0.15, -0.1) is 0 Å². The molecule has 0 aromatic rings. The van der Waals surface area contributed by atoms with E-state index in [0.29, 0.717) is 13.0 Å². The first-order valence-electron chi connectivity index (χ1n) is 3.93. The minimum absolute atomic E-state index is 0.212. The van der Waals surface area contributed by atoms with Crippen molar-refractivity contribution in [3.8, 4) is 0 Å². The Morgan fingerprint density at radius 3 is 2.83 bits per heavy atom. The van der Waals surface area contributed by atoms with Crippen LogP contribution < -0.4 is 5.73 Å². The topological polar surface area (TPSA) is 66.6 Å². The molecule has 4 nitrogen and oxygen atoms in total. The molecular formula is C7H13FN2O2. The molecule has 0 radical (unpaired) electrons. The van der Waals surface area contributed by atoms with Gasteiger partial charge in [0.2, 0.25) is 0 Å². The van der Waals surface area contributed by atoms with Crippen LogP contribution in [0.3, 0.4) is 0 Å². The van der Waals surface area contributed by atoms with Gasteiger partial charge < -0.3 is 15.7 Å². The zero-order chi connectivity index (χ0) is 9.14. The van der Waals surface area contributed by atoms with Crippen LogP contribution in [0.1, 0.15) is 6.42 Å². The molecule has 1 aliphatic heterocycles. The van der Waals surface area contributed by atoms with Crippen molar-refractivity contribution < 1.29 is 14.3 Å². The van der Waals surface area contributed by atoms with Gasteiger partial charge in [0, 0.05) is 25.0 Å². The number of nitrogens with zero attached hydrogens (tertiary/aromatic N) is 1. The number of carboxylic acid groups (broad SMARTS) is 1. The van der Waals surface area contributed by atoms with Crippen molar-refractivity contribution in [1.29, 1.82) is 0 Å². The molecule has 70 valence electrons. The molecule has 0 bridgehead atoms. The Morgan fingerprint density at radius 1 is 1.67 bits per heavy atom. The number of nitrogens with two attached hydrogens (primary N) is 1. The van der Waals surface area contributed by atoms with Gasteiger partial charge in [0.1, 0.15) is 0 Å². The highest BCUT2D eigenvalue weighted by molar-refractivity contribution is 5.65. The molecule has 5 heteroatoms. The molecule has 0 aromatic carbocycles. The Morgan fingerprint density at radius 2 is 2.33 bits per heavy atom. The maximum absolute atomic E-state index is 12.2. The molecule has 12 heavy (non-hydrogen) atoms. The number of halogens is 1. The number of likely N-dealkylation sites (tertiary alicyclic amines) is 1. The summed E-state index contributed by atoms with van der Waals surface area (Å²) in [4.78, 5) is 11.7. The molecule has 2 atom stereocenters. The number of carbonyl (C=O) groups is 1. The van der Waals surface area contributed by atoms with E-state index in [2.05, 4.69) is 0 Å². The van der Waals surface area contributed by atoms with Crippen LogP contribution in [0.25, 0.3) is 0 Å². The van der Waals surface area contributed by atoms with Gasteiger partial charge in [-0.1, -0.05) is 0 Å². The van der Waals surface area contributed by atoms with Crippen LogP contribution in [0, 0.1) is 5.92 Å². The zero-order valence-corrected chi connectivity index (χ0v) is 6.74. The molecule has 1 fully saturated rings. The molecular weight excluding hydrogens is 163 g/mol. The van der Waals surface area contributed by atoms with Gasteiger partial charge in [0.15, 0.2) is 0 Å². The van der Waals surface area contributed by atoms with Crippen LogP contribution in [0.5, 0.6) is 0 Å². The molecule has 1 heterocycles. The molecule has 1 amide bonds. The van der Waals surface area contributed by atoms with E-state index < -0.39 is 12.8 Å². The lowest BCUT2D eigenvalue weighted by Crippen LogP contribution is -2.49. The second-order valence-corrected chi connectivity index (χ2v) is 3.20. The van der Waals surface area contributed by atoms with Crippen molar-refractivity contribution in [1.82, 2.24) is 4.90 Å². The van der Waals surface area contributed by atoms with E-state index in [0.717, 1.165) is 0 Å². The molecule has 1 aliphatic rings. The smallest absolute Gasteiger partial charge is 0.407 e. The Labute approximate surface area is 70.1 Å². The van der Waals surface area contributed by atoms with Crippen LogP contribution in [-0.4, -0.2) is 41.9 Å². The zero-order valence-electron chi connectivity index (χ0n) is 6.74. The second-order valence-electron chi connectivity index (χ2n) is 3.20. The molecule has 1 rings (SSSR count). The Hall–Kier alpha value is -0.840. The third kappa shape index (κ3) is 2.07. The van der Waals surface area contributed by atoms with Crippen LogP contribution >= 0.6 is 0 Å². The molecule has 1 saturated heterocycles. The van der Waals surface area contributed by atoms with E-state index in [-0.39, 0.29) is 18.5 Å². The van der Waals surface area contributed by atoms with Crippen molar-refractivity contribution in [2.45, 2.75) is 12.5 Å². The maximum atomic E-state index is 12.2. The molecule has 3 N–H and O–H groups in total. The molecule has 0 spiro atoms. The standard InChI is InChI=1S/C7H13FN2O2/c8-2-5-1-6(9)4-10(3-5)7(11)12/h5-6H,1-4,9H2,(H,11,12). The van der Waals surface area contributed by atoms with E-state index in [1.54, 1.807) is 0 Å².